The smallest absolute Gasteiger partial charge is 0.315 e. The third-order valence-corrected chi connectivity index (χ3v) is 11.9. The lowest BCUT2D eigenvalue weighted by Gasteiger charge is -2.28. The van der Waals surface area contributed by atoms with Gasteiger partial charge in [-0.2, -0.15) is 5.26 Å². The van der Waals surface area contributed by atoms with Crippen molar-refractivity contribution in [2.75, 3.05) is 40.0 Å². The summed E-state index contributed by atoms with van der Waals surface area (Å²) in [6.07, 6.45) is 4.38. The van der Waals surface area contributed by atoms with Crippen molar-refractivity contribution in [1.29, 1.82) is 5.26 Å². The Balaban J connectivity index is 1.36. The molecule has 2 N–H and O–H groups in total. The van der Waals surface area contributed by atoms with Gasteiger partial charge in [-0.1, -0.05) is 36.4 Å². The van der Waals surface area contributed by atoms with Crippen LogP contribution in [-0.2, 0) is 53.7 Å². The first kappa shape index (κ1) is 41.7. The third kappa shape index (κ3) is 12.8. The highest BCUT2D eigenvalue weighted by Crippen LogP contribution is 2.34. The van der Waals surface area contributed by atoms with Gasteiger partial charge in [0.15, 0.2) is 14.9 Å². The molecule has 14 nitrogen and oxygen atoms in total. The molecule has 0 aliphatic heterocycles. The van der Waals surface area contributed by atoms with Crippen molar-refractivity contribution in [3.8, 4) is 23.3 Å². The molecule has 0 bridgehead atoms. The Morgan fingerprint density at radius 2 is 1.53 bits per heavy atom. The molecule has 16 heteroatoms. The van der Waals surface area contributed by atoms with Gasteiger partial charge < -0.3 is 24.4 Å². The maximum absolute atomic E-state index is 12.7. The van der Waals surface area contributed by atoms with Gasteiger partial charge in [0.1, 0.15) is 23.7 Å². The second kappa shape index (κ2) is 18.9. The van der Waals surface area contributed by atoms with Crippen molar-refractivity contribution in [2.24, 2.45) is 0 Å². The fourth-order valence-electron chi connectivity index (χ4n) is 5.72. The Bertz CT molecular complexity index is 2460. The van der Waals surface area contributed by atoms with E-state index in [2.05, 4.69) is 25.8 Å². The predicted molar refractivity (Wildman–Crippen MR) is 216 cm³/mol. The molecule has 0 unspecified atom stereocenters. The van der Waals surface area contributed by atoms with E-state index < -0.39 is 43.2 Å². The number of nitrogens with one attached hydrogen (secondary N) is 2. The first-order valence-electron chi connectivity index (χ1n) is 17.5. The number of ether oxygens (including phenoxy) is 3. The van der Waals surface area contributed by atoms with Crippen LogP contribution in [0, 0.1) is 18.3 Å². The number of rotatable bonds is 18. The molecule has 5 rings (SSSR count). The van der Waals surface area contributed by atoms with Gasteiger partial charge in [-0.25, -0.2) is 16.8 Å². The number of methoxy groups -OCH3 is 1. The third-order valence-electron chi connectivity index (χ3n) is 8.40. The van der Waals surface area contributed by atoms with Gasteiger partial charge in [-0.15, -0.1) is 0 Å². The number of sulfonamides is 1. The number of carbonyl (C=O) groups is 2. The number of esters is 1. The Hall–Kier alpha value is -6.44. The highest BCUT2D eigenvalue weighted by atomic mass is 32.3. The molecule has 0 atom stereocenters. The van der Waals surface area contributed by atoms with Gasteiger partial charge in [0.05, 0.1) is 36.7 Å². The number of nitrogens with zero attached hydrogens (tertiary/aromatic N) is 3. The van der Waals surface area contributed by atoms with Crippen LogP contribution in [0.2, 0.25) is 0 Å². The van der Waals surface area contributed by atoms with Crippen LogP contribution in [-0.4, -0.2) is 58.8 Å². The molecule has 1 heterocycles. The predicted octanol–water partition coefficient (Wildman–Crippen LogP) is 6.13. The van der Waals surface area contributed by atoms with E-state index in [-0.39, 0.29) is 12.3 Å². The summed E-state index contributed by atoms with van der Waals surface area (Å²) in [6, 6.07) is 30.4. The lowest BCUT2D eigenvalue weighted by Crippen LogP contribution is -2.25. The van der Waals surface area contributed by atoms with E-state index in [4.69, 9.17) is 9.47 Å². The number of benzene rings is 4. The Kier molecular flexibility index (Phi) is 13.9. The maximum atomic E-state index is 12.7. The van der Waals surface area contributed by atoms with Gasteiger partial charge in [-0.3, -0.25) is 19.3 Å². The Labute approximate surface area is 332 Å². The first-order valence-corrected chi connectivity index (χ1v) is 21.2. The van der Waals surface area contributed by atoms with Crippen LogP contribution in [0.1, 0.15) is 34.2 Å². The summed E-state index contributed by atoms with van der Waals surface area (Å²) < 4.78 is 68.2. The van der Waals surface area contributed by atoms with Crippen molar-refractivity contribution in [2.45, 2.75) is 32.9 Å². The van der Waals surface area contributed by atoms with Gasteiger partial charge in [0.25, 0.3) is 0 Å². The summed E-state index contributed by atoms with van der Waals surface area (Å²) in [6.45, 7) is 2.81. The largest absolute Gasteiger partial charge is 0.491 e. The molecule has 0 saturated carbocycles. The summed E-state index contributed by atoms with van der Waals surface area (Å²) >= 11 is 0. The lowest BCUT2D eigenvalue weighted by atomic mass is 10.1. The van der Waals surface area contributed by atoms with Crippen LogP contribution in [0.15, 0.2) is 109 Å². The van der Waals surface area contributed by atoms with Crippen molar-refractivity contribution in [3.05, 3.63) is 137 Å². The molecule has 0 spiro atoms. The number of anilines is 3. The zero-order valence-corrected chi connectivity index (χ0v) is 33.1. The number of carbonyl (C=O) groups excluding carboxylic acids is 2. The molecule has 296 valence electrons. The zero-order valence-electron chi connectivity index (χ0n) is 31.5. The average Bonchev–Trinajstić information content (AvgIpc) is 3.16. The first-order chi connectivity index (χ1) is 27.2. The Morgan fingerprint density at radius 3 is 2.16 bits per heavy atom. The molecule has 4 aromatic carbocycles. The maximum Gasteiger partial charge on any atom is 0.315 e. The van der Waals surface area contributed by atoms with Crippen molar-refractivity contribution in [1.82, 2.24) is 4.98 Å². The van der Waals surface area contributed by atoms with Crippen LogP contribution in [0.25, 0.3) is 0 Å². The van der Waals surface area contributed by atoms with Gasteiger partial charge in [0.2, 0.25) is 15.9 Å². The monoisotopic (exact) mass is 811 g/mol. The molecular formula is C41H41N5O9S2. The van der Waals surface area contributed by atoms with Gasteiger partial charge in [0, 0.05) is 49.9 Å². The van der Waals surface area contributed by atoms with E-state index in [1.165, 1.54) is 7.11 Å². The van der Waals surface area contributed by atoms with E-state index >= 15 is 0 Å². The normalized spacial score (nSPS) is 11.2. The van der Waals surface area contributed by atoms with Crippen molar-refractivity contribution >= 4 is 48.8 Å². The minimum Gasteiger partial charge on any atom is -0.491 e. The molecule has 0 aliphatic carbocycles. The number of amides is 1. The SMILES string of the molecule is COC(=O)CC(=O)Nc1ccc(Oc2ccc(CN(Cc3ccc(C#N)cc3)c3cccc(NS(=O)(=O)CS(C)(=O)=O)c3C)cc2)cc1OCCc1cccnc1. The molecular weight excluding hydrogens is 771 g/mol. The second-order valence-corrected chi connectivity index (χ2v) is 17.3. The summed E-state index contributed by atoms with van der Waals surface area (Å²) in [5.41, 5.74) is 5.17. The van der Waals surface area contributed by atoms with Crippen LogP contribution in [0.5, 0.6) is 17.2 Å². The molecule has 0 aliphatic rings. The van der Waals surface area contributed by atoms with Gasteiger partial charge in [-0.05, 0) is 83.8 Å². The highest BCUT2D eigenvalue weighted by Gasteiger charge is 2.21. The quantitative estimate of drug-likeness (QED) is 0.0761. The summed E-state index contributed by atoms with van der Waals surface area (Å²) in [7, 11) is -6.80. The standard InChI is InChI=1S/C41H41N5O9S2/c1-29-36(45-57(51,52)28-56(3,49)50)7-4-8-38(29)46(26-32-11-9-30(24-42)10-12-32)27-33-13-15-34(16-14-33)55-35-17-18-37(44-40(47)23-41(48)53-2)39(22-35)54-21-19-31-6-5-20-43-25-31/h4-18,20,22,25,45H,19,21,23,26-28H2,1-3H3,(H,44,47). The molecule has 5 aromatic rings. The fraction of sp³-hybridized carbons (Fsp3) is 0.220. The summed E-state index contributed by atoms with van der Waals surface area (Å²) in [5.74, 6) is 0.0378. The minimum absolute atomic E-state index is 0.249. The molecule has 0 saturated heterocycles. The zero-order chi connectivity index (χ0) is 41.0. The fourth-order valence-corrected chi connectivity index (χ4v) is 8.76. The minimum atomic E-state index is -4.19. The Morgan fingerprint density at radius 1 is 0.842 bits per heavy atom. The summed E-state index contributed by atoms with van der Waals surface area (Å²) in [5, 5.41) is 10.9. The van der Waals surface area contributed by atoms with Gasteiger partial charge >= 0.3 is 5.97 Å². The molecule has 57 heavy (non-hydrogen) atoms. The van der Waals surface area contributed by atoms with Crippen LogP contribution in [0.3, 0.4) is 0 Å². The van der Waals surface area contributed by atoms with Crippen molar-refractivity contribution < 1.29 is 40.6 Å². The highest BCUT2D eigenvalue weighted by molar-refractivity contribution is 8.08. The molecule has 1 aromatic heterocycles. The molecule has 1 amide bonds. The number of nitriles is 1. The summed E-state index contributed by atoms with van der Waals surface area (Å²) in [4.78, 5) is 30.3. The molecule has 0 fully saturated rings. The van der Waals surface area contributed by atoms with Crippen LogP contribution < -0.4 is 24.4 Å². The topological polar surface area (TPSA) is 194 Å². The van der Waals surface area contributed by atoms with Crippen LogP contribution >= 0.6 is 0 Å². The van der Waals surface area contributed by atoms with Crippen molar-refractivity contribution in [3.63, 3.8) is 0 Å². The number of hydrogen-bond donors (Lipinski definition) is 2. The van der Waals surface area contributed by atoms with E-state index in [0.717, 1.165) is 22.9 Å². The van der Waals surface area contributed by atoms with E-state index in [0.29, 0.717) is 59.3 Å². The van der Waals surface area contributed by atoms with E-state index in [9.17, 15) is 31.7 Å². The number of sulfone groups is 1. The molecule has 0 radical (unpaired) electrons. The average molecular weight is 812 g/mol. The lowest BCUT2D eigenvalue weighted by molar-refractivity contribution is -0.142. The number of aromatic nitrogens is 1. The number of hydrogen-bond acceptors (Lipinski definition) is 12. The number of pyridine rings is 1. The van der Waals surface area contributed by atoms with Crippen LogP contribution in [0.4, 0.5) is 17.1 Å². The van der Waals surface area contributed by atoms with E-state index in [1.807, 2.05) is 47.4 Å². The van der Waals surface area contributed by atoms with E-state index in [1.54, 1.807) is 73.9 Å². The second-order valence-electron chi connectivity index (χ2n) is 13.0.